The predicted octanol–water partition coefficient (Wildman–Crippen LogP) is 8.39. The van der Waals surface area contributed by atoms with E-state index in [-0.39, 0.29) is 0 Å². The van der Waals surface area contributed by atoms with Gasteiger partial charge in [0.1, 0.15) is 23.0 Å². The lowest BCUT2D eigenvalue weighted by Gasteiger charge is -2.60. The lowest BCUT2D eigenvalue weighted by atomic mass is 9.46. The summed E-state index contributed by atoms with van der Waals surface area (Å²) in [5, 5.41) is 0. The first kappa shape index (κ1) is 24.5. The maximum Gasteiger partial charge on any atom is 0.110 e. The Balaban J connectivity index is 1.56. The van der Waals surface area contributed by atoms with E-state index in [1.807, 2.05) is 7.11 Å². The van der Waals surface area contributed by atoms with Crippen molar-refractivity contribution < 1.29 is 7.80 Å². The molecular weight excluding hydrogens is 495 g/mol. The first-order chi connectivity index (χ1) is 14.7. The van der Waals surface area contributed by atoms with Crippen LogP contribution < -0.4 is 0 Å². The average Bonchev–Trinajstić information content (AvgIpc) is 3.09. The van der Waals surface area contributed by atoms with Crippen molar-refractivity contribution in [3.8, 4) is 0 Å². The maximum absolute atomic E-state index is 6.22. The zero-order valence-electron chi connectivity index (χ0n) is 21.0. The molecule has 0 radical (unpaired) electrons. The van der Waals surface area contributed by atoms with Gasteiger partial charge in [0, 0.05) is 7.11 Å². The summed E-state index contributed by atoms with van der Waals surface area (Å²) in [6, 6.07) is 0. The van der Waals surface area contributed by atoms with Crippen LogP contribution in [0.2, 0.25) is 0 Å². The smallest absolute Gasteiger partial charge is 0.110 e. The Kier molecular flexibility index (Phi) is 7.56. The van der Waals surface area contributed by atoms with Crippen molar-refractivity contribution >= 4 is 23.0 Å². The molecule has 0 spiro atoms. The third kappa shape index (κ3) is 4.31. The Hall–Kier alpha value is 0.390. The van der Waals surface area contributed by atoms with E-state index in [1.165, 1.54) is 57.8 Å². The minimum Gasteiger partial charge on any atom is -0.381 e. The van der Waals surface area contributed by atoms with E-state index in [9.17, 15) is 0 Å². The molecule has 0 heterocycles. The third-order valence-electron chi connectivity index (χ3n) is 10.7. The zero-order valence-corrected chi connectivity index (χ0v) is 23.1. The summed E-state index contributed by atoms with van der Waals surface area (Å²) in [7, 11) is 1.89. The van der Waals surface area contributed by atoms with Crippen LogP contribution >= 0.6 is 23.0 Å². The number of hydrogen-bond donors (Lipinski definition) is 0. The van der Waals surface area contributed by atoms with E-state index in [0.29, 0.717) is 29.0 Å². The second kappa shape index (κ2) is 9.56. The number of fused-ring (bicyclic) bond motifs is 5. The molecule has 4 aliphatic carbocycles. The summed E-state index contributed by atoms with van der Waals surface area (Å²) >= 11 is 2.20. The Bertz CT molecular complexity index is 659. The highest BCUT2D eigenvalue weighted by Gasteiger charge is 2.61. The molecule has 2 nitrogen and oxygen atoms in total. The van der Waals surface area contributed by atoms with Gasteiger partial charge >= 0.3 is 0 Å². The van der Waals surface area contributed by atoms with Gasteiger partial charge in [-0.3, -0.25) is 0 Å². The first-order valence-electron chi connectivity index (χ1n) is 13.3. The van der Waals surface area contributed by atoms with Crippen LogP contribution in [0.25, 0.3) is 0 Å². The van der Waals surface area contributed by atoms with Gasteiger partial charge in [-0.15, -0.1) is 0 Å². The van der Waals surface area contributed by atoms with Crippen LogP contribution in [0.4, 0.5) is 0 Å². The third-order valence-corrected chi connectivity index (χ3v) is 11.3. The minimum absolute atomic E-state index is 0.295. The van der Waals surface area contributed by atoms with Gasteiger partial charge in [-0.05, 0) is 91.3 Å². The molecule has 0 aliphatic heterocycles. The molecule has 0 aromatic rings. The number of hydrogen-bond acceptors (Lipinski definition) is 2. The minimum atomic E-state index is 0.295. The summed E-state index contributed by atoms with van der Waals surface area (Å²) in [5.41, 5.74) is 2.53. The second-order valence-electron chi connectivity index (χ2n) is 12.6. The second-order valence-corrected chi connectivity index (χ2v) is 13.1. The van der Waals surface area contributed by atoms with Gasteiger partial charge in [0.05, 0.1) is 12.2 Å². The number of methoxy groups -OCH3 is 1. The molecule has 0 aromatic heterocycles. The van der Waals surface area contributed by atoms with Crippen LogP contribution in [0.5, 0.6) is 0 Å². The molecule has 3 fully saturated rings. The van der Waals surface area contributed by atoms with Gasteiger partial charge in [0.15, 0.2) is 0 Å². The van der Waals surface area contributed by atoms with Gasteiger partial charge < -0.3 is 7.80 Å². The highest BCUT2D eigenvalue weighted by atomic mass is 127. The Morgan fingerprint density at radius 3 is 2.48 bits per heavy atom. The van der Waals surface area contributed by atoms with Crippen molar-refractivity contribution in [3.05, 3.63) is 11.6 Å². The number of ether oxygens (including phenoxy) is 1. The monoisotopic (exact) mass is 542 g/mol. The van der Waals surface area contributed by atoms with E-state index in [0.717, 1.165) is 36.0 Å². The molecule has 0 bridgehead atoms. The summed E-state index contributed by atoms with van der Waals surface area (Å²) < 4.78 is 12.0. The van der Waals surface area contributed by atoms with E-state index < -0.39 is 0 Å². The Morgan fingerprint density at radius 1 is 1.03 bits per heavy atom. The van der Waals surface area contributed by atoms with Crippen LogP contribution in [0.15, 0.2) is 11.6 Å². The molecule has 3 unspecified atom stereocenters. The average molecular weight is 543 g/mol. The molecule has 9 atom stereocenters. The molecule has 3 heteroatoms. The van der Waals surface area contributed by atoms with E-state index in [4.69, 9.17) is 7.80 Å². The van der Waals surface area contributed by atoms with Gasteiger partial charge in [-0.2, -0.15) is 0 Å². The van der Waals surface area contributed by atoms with E-state index >= 15 is 0 Å². The van der Waals surface area contributed by atoms with Crippen LogP contribution in [-0.4, -0.2) is 19.3 Å². The molecule has 178 valence electrons. The molecule has 0 N–H and O–H groups in total. The summed E-state index contributed by atoms with van der Waals surface area (Å²) in [6.07, 6.45) is 16.8. The summed E-state index contributed by atoms with van der Waals surface area (Å²) in [5.74, 6) is 4.94. The van der Waals surface area contributed by atoms with Crippen LogP contribution in [-0.2, 0) is 7.80 Å². The fourth-order valence-electron chi connectivity index (χ4n) is 8.90. The van der Waals surface area contributed by atoms with Gasteiger partial charge in [-0.25, -0.2) is 0 Å². The fourth-order valence-corrected chi connectivity index (χ4v) is 9.39. The van der Waals surface area contributed by atoms with Crippen LogP contribution in [0, 0.1) is 46.3 Å². The van der Waals surface area contributed by atoms with Gasteiger partial charge in [-0.1, -0.05) is 65.5 Å². The number of rotatable bonds is 7. The lowest BCUT2D eigenvalue weighted by Crippen LogP contribution is -2.55. The topological polar surface area (TPSA) is 18.5 Å². The normalized spacial score (nSPS) is 45.6. The molecule has 0 amide bonds. The van der Waals surface area contributed by atoms with Crippen molar-refractivity contribution in [1.82, 2.24) is 0 Å². The van der Waals surface area contributed by atoms with Crippen LogP contribution in [0.3, 0.4) is 0 Å². The zero-order chi connectivity index (χ0) is 22.4. The number of halogens is 1. The van der Waals surface area contributed by atoms with Gasteiger partial charge in [0.25, 0.3) is 0 Å². The lowest BCUT2D eigenvalue weighted by molar-refractivity contribution is -0.0866. The van der Waals surface area contributed by atoms with Crippen molar-refractivity contribution in [2.24, 2.45) is 46.3 Å². The largest absolute Gasteiger partial charge is 0.381 e. The first-order valence-corrected chi connectivity index (χ1v) is 14.1. The molecule has 3 saturated carbocycles. The quantitative estimate of drug-likeness (QED) is 0.238. The highest BCUT2D eigenvalue weighted by molar-refractivity contribution is 14.1. The Morgan fingerprint density at radius 2 is 1.81 bits per heavy atom. The molecule has 4 aliphatic rings. The summed E-state index contributed by atoms with van der Waals surface area (Å²) in [4.78, 5) is 0. The molecule has 4 rings (SSSR count). The molecule has 0 aromatic carbocycles. The molecule has 0 saturated heterocycles. The van der Waals surface area contributed by atoms with Crippen molar-refractivity contribution in [1.29, 1.82) is 0 Å². The fraction of sp³-hybridized carbons (Fsp3) is 0.929. The SMILES string of the molecule is CO[C@H]1CC[C@@]2(C)C(=C[C@@H](OI)[C@H]3C4CCC([C@H](C)CCCC(C)C)[C@@]4(C)CCC32)C1. The maximum atomic E-state index is 6.22. The Labute approximate surface area is 206 Å². The standard InChI is InChI=1S/C28H47IO2/c1-18(2)8-7-9-19(3)22-10-11-23-26-24(13-15-28(22,23)5)27(4)14-12-21(30-6)16-20(27)17-25(26)31-29/h17-19,21-26H,7-16H2,1-6H3/t19-,21+,22?,23?,24?,25-,26+,27+,28-/m1/s1. The van der Waals surface area contributed by atoms with Crippen LogP contribution in [0.1, 0.15) is 98.8 Å². The summed E-state index contributed by atoms with van der Waals surface area (Å²) in [6.45, 7) is 12.6. The van der Waals surface area contributed by atoms with Crippen molar-refractivity contribution in [3.63, 3.8) is 0 Å². The predicted molar refractivity (Wildman–Crippen MR) is 138 cm³/mol. The van der Waals surface area contributed by atoms with Gasteiger partial charge in [0.2, 0.25) is 0 Å². The molecule has 31 heavy (non-hydrogen) atoms. The van der Waals surface area contributed by atoms with E-state index in [1.54, 1.807) is 5.57 Å². The molecular formula is C28H47IO2. The van der Waals surface area contributed by atoms with Crippen molar-refractivity contribution in [2.75, 3.05) is 7.11 Å². The van der Waals surface area contributed by atoms with Crippen molar-refractivity contribution in [2.45, 2.75) is 111 Å². The highest BCUT2D eigenvalue weighted by Crippen LogP contribution is 2.67. The van der Waals surface area contributed by atoms with E-state index in [2.05, 4.69) is 63.7 Å².